The average molecular weight is 769 g/mol. The largest absolute Gasteiger partial charge is 0.497 e. The Hall–Kier alpha value is -2.53. The van der Waals surface area contributed by atoms with Crippen LogP contribution in [-0.2, 0) is 32.0 Å². The molecule has 2 atom stereocenters. The van der Waals surface area contributed by atoms with Crippen LogP contribution in [0.5, 0.6) is 5.75 Å². The van der Waals surface area contributed by atoms with E-state index in [1.54, 1.807) is 13.2 Å². The van der Waals surface area contributed by atoms with Gasteiger partial charge in [-0.25, -0.2) is 0 Å². The molecule has 0 aliphatic carbocycles. The first-order chi connectivity index (χ1) is 24.9. The topological polar surface area (TPSA) is 210 Å². The van der Waals surface area contributed by atoms with Crippen molar-refractivity contribution in [2.24, 2.45) is 11.5 Å². The Kier molecular flexibility index (Phi) is 36.5. The fourth-order valence-corrected chi connectivity index (χ4v) is 5.98. The predicted molar refractivity (Wildman–Crippen MR) is 207 cm³/mol. The number of hydrogen-bond acceptors (Lipinski definition) is 11. The molecule has 0 bridgehead atoms. The van der Waals surface area contributed by atoms with Crippen LogP contribution in [0.2, 0.25) is 22.7 Å². The third-order valence-corrected chi connectivity index (χ3v) is 8.87. The van der Waals surface area contributed by atoms with Gasteiger partial charge < -0.3 is 36.3 Å². The van der Waals surface area contributed by atoms with E-state index in [1.807, 2.05) is 24.3 Å². The van der Waals surface area contributed by atoms with E-state index in [1.165, 1.54) is 49.7 Å². The number of ether oxygens (including phenoxy) is 1. The van der Waals surface area contributed by atoms with Gasteiger partial charge in [-0.15, -0.1) is 0 Å². The predicted octanol–water partition coefficient (Wildman–Crippen LogP) is 6.45. The molecule has 0 saturated heterocycles. The molecular weight excluding hydrogens is 709 g/mol. The summed E-state index contributed by atoms with van der Waals surface area (Å²) in [6, 6.07) is 14.5. The van der Waals surface area contributed by atoms with Crippen molar-refractivity contribution in [1.29, 1.82) is 0 Å². The summed E-state index contributed by atoms with van der Waals surface area (Å²) in [4.78, 5) is 32.5. The Bertz CT molecular complexity index is 1190. The maximum atomic E-state index is 8.77. The van der Waals surface area contributed by atoms with Crippen molar-refractivity contribution < 1.29 is 44.0 Å². The number of carbonyl (C=O) groups excluding carboxylic acids is 4. The summed E-state index contributed by atoms with van der Waals surface area (Å²) in [7, 11) is -0.648. The Morgan fingerprint density at radius 1 is 0.635 bits per heavy atom. The van der Waals surface area contributed by atoms with Gasteiger partial charge >= 0.3 is 26.5 Å². The van der Waals surface area contributed by atoms with Crippen LogP contribution in [-0.4, -0.2) is 65.8 Å². The zero-order chi connectivity index (χ0) is 39.4. The molecule has 0 heterocycles. The lowest BCUT2D eigenvalue weighted by molar-refractivity contribution is -0.193. The number of halogens is 2. The monoisotopic (exact) mass is 768 g/mol. The summed E-state index contributed by atoms with van der Waals surface area (Å²) in [6.07, 6.45) is 20.7. The van der Waals surface area contributed by atoms with Gasteiger partial charge in [0, 0.05) is 22.1 Å². The minimum absolute atomic E-state index is 0.233. The minimum atomic E-state index is -1.18. The van der Waals surface area contributed by atoms with Gasteiger partial charge in [0.05, 0.1) is 7.11 Å². The number of hydrogen-bond donors (Lipinski definition) is 6. The van der Waals surface area contributed by atoms with E-state index in [-0.39, 0.29) is 24.4 Å². The molecule has 0 radical (unpaired) electrons. The minimum Gasteiger partial charge on any atom is -0.497 e. The Balaban J connectivity index is 0. The van der Waals surface area contributed by atoms with Crippen LogP contribution in [0.1, 0.15) is 114 Å². The van der Waals surface area contributed by atoms with Crippen LogP contribution < -0.4 is 16.2 Å². The first-order valence-corrected chi connectivity index (χ1v) is 19.0. The number of rotatable bonds is 25. The van der Waals surface area contributed by atoms with Crippen molar-refractivity contribution >= 4 is 49.7 Å². The number of nitrogens with two attached hydrogens (primary N) is 2. The molecule has 15 heteroatoms. The molecule has 52 heavy (non-hydrogen) atoms. The second-order valence-corrected chi connectivity index (χ2v) is 13.6. The molecule has 0 aliphatic heterocycles. The number of unbranched alkanes of at least 4 members (excludes halogenated alkanes) is 8. The molecule has 2 aromatic rings. The Morgan fingerprint density at radius 3 is 1.52 bits per heavy atom. The second kappa shape index (κ2) is 36.8. The smallest absolute Gasteiger partial charge is 0.451 e. The molecule has 0 saturated carbocycles. The van der Waals surface area contributed by atoms with E-state index in [9.17, 15) is 0 Å². The highest BCUT2D eigenvalue weighted by Gasteiger charge is 2.09. The first kappa shape index (κ1) is 51.6. The van der Waals surface area contributed by atoms with Crippen molar-refractivity contribution in [3.63, 3.8) is 0 Å². The first-order valence-electron chi connectivity index (χ1n) is 18.2. The number of methoxy groups -OCH3 is 1. The van der Waals surface area contributed by atoms with E-state index >= 15 is 0 Å². The number of aryl methyl sites for hydroxylation is 2. The molecule has 2 aromatic carbocycles. The Morgan fingerprint density at radius 2 is 1.08 bits per heavy atom. The molecule has 0 amide bonds. The van der Waals surface area contributed by atoms with Gasteiger partial charge in [-0.1, -0.05) is 106 Å². The van der Waals surface area contributed by atoms with E-state index in [2.05, 4.69) is 12.1 Å². The lowest BCUT2D eigenvalue weighted by Gasteiger charge is -2.11. The van der Waals surface area contributed by atoms with E-state index in [0.717, 1.165) is 87.8 Å². The van der Waals surface area contributed by atoms with E-state index in [4.69, 9.17) is 78.7 Å². The SMILES string of the molecule is COc1cccc(CCCCCCC(N)CCCCB(O)O)c1.NC(CCCCCCc1ccc(Cl)cc1Cl)CCCCB(O)O.O=C=O.O=C=O. The van der Waals surface area contributed by atoms with Crippen LogP contribution in [0, 0.1) is 0 Å². The van der Waals surface area contributed by atoms with Crippen LogP contribution in [0.15, 0.2) is 42.5 Å². The number of benzene rings is 2. The van der Waals surface area contributed by atoms with Crippen LogP contribution >= 0.6 is 23.2 Å². The van der Waals surface area contributed by atoms with Crippen molar-refractivity contribution in [3.8, 4) is 5.75 Å². The van der Waals surface area contributed by atoms with Gasteiger partial charge in [0.1, 0.15) is 5.75 Å². The molecule has 2 rings (SSSR count). The summed E-state index contributed by atoms with van der Waals surface area (Å²) in [5.74, 6) is 0.933. The lowest BCUT2D eigenvalue weighted by atomic mass is 9.83. The molecular formula is C37H60B2Cl2N2O9. The second-order valence-electron chi connectivity index (χ2n) is 12.7. The fourth-order valence-electron chi connectivity index (χ4n) is 5.47. The third-order valence-electron chi connectivity index (χ3n) is 8.29. The summed E-state index contributed by atoms with van der Waals surface area (Å²) in [6.45, 7) is 0. The van der Waals surface area contributed by atoms with Crippen molar-refractivity contribution in [1.82, 2.24) is 0 Å². The normalized spacial score (nSPS) is 11.2. The molecule has 2 unspecified atom stereocenters. The van der Waals surface area contributed by atoms with Crippen LogP contribution in [0.4, 0.5) is 0 Å². The lowest BCUT2D eigenvalue weighted by Crippen LogP contribution is -2.19. The zero-order valence-electron chi connectivity index (χ0n) is 30.7. The maximum Gasteiger partial charge on any atom is 0.451 e. The third kappa shape index (κ3) is 34.6. The van der Waals surface area contributed by atoms with E-state index < -0.39 is 14.2 Å². The summed E-state index contributed by atoms with van der Waals surface area (Å²) in [5, 5.41) is 36.5. The highest BCUT2D eigenvalue weighted by atomic mass is 35.5. The fraction of sp³-hybridized carbons (Fsp3) is 0.622. The average Bonchev–Trinajstić information content (AvgIpc) is 3.10. The van der Waals surface area contributed by atoms with Crippen LogP contribution in [0.3, 0.4) is 0 Å². The molecule has 292 valence electrons. The highest BCUT2D eigenvalue weighted by Crippen LogP contribution is 2.23. The van der Waals surface area contributed by atoms with Crippen molar-refractivity contribution in [2.75, 3.05) is 7.11 Å². The Labute approximate surface area is 321 Å². The van der Waals surface area contributed by atoms with Gasteiger partial charge in [0.15, 0.2) is 0 Å². The zero-order valence-corrected chi connectivity index (χ0v) is 32.2. The van der Waals surface area contributed by atoms with Crippen molar-refractivity contribution in [3.05, 3.63) is 63.6 Å². The van der Waals surface area contributed by atoms with Crippen LogP contribution in [0.25, 0.3) is 0 Å². The van der Waals surface area contributed by atoms with Gasteiger partial charge in [-0.3, -0.25) is 0 Å². The molecule has 0 fully saturated rings. The molecule has 11 nitrogen and oxygen atoms in total. The highest BCUT2D eigenvalue weighted by molar-refractivity contribution is 6.41. The van der Waals surface area contributed by atoms with E-state index in [0.29, 0.717) is 17.7 Å². The quantitative estimate of drug-likeness (QED) is 0.0478. The van der Waals surface area contributed by atoms with Crippen molar-refractivity contribution in [2.45, 2.75) is 140 Å². The summed E-state index contributed by atoms with van der Waals surface area (Å²) < 4.78 is 5.24. The molecule has 8 N–H and O–H groups in total. The van der Waals surface area contributed by atoms with Gasteiger partial charge in [-0.2, -0.15) is 19.2 Å². The van der Waals surface area contributed by atoms with Gasteiger partial charge in [0.25, 0.3) is 0 Å². The van der Waals surface area contributed by atoms with Gasteiger partial charge in [-0.05, 0) is 99.4 Å². The molecule has 0 spiro atoms. The summed E-state index contributed by atoms with van der Waals surface area (Å²) in [5.41, 5.74) is 14.7. The maximum absolute atomic E-state index is 8.77. The molecule has 0 aromatic heterocycles. The summed E-state index contributed by atoms with van der Waals surface area (Å²) >= 11 is 12.0. The molecule has 0 aliphatic rings. The standard InChI is InChI=1S/C18H32BNO3.C17H28BCl2NO2.2CO2/c1-23-18-13-8-10-16(15-18)9-4-2-3-5-11-17(20)12-6-7-14-19(21)22;19-15-11-10-14(17(20)13-15)7-3-1-2-4-8-16(21)9-5-6-12-18(22)23;2*2-1-3/h8,10,13,15,17,21-22H,2-7,9,11-12,14,20H2,1H3;10-11,13,16,22-23H,1-9,12,21H2;;. The van der Waals surface area contributed by atoms with Gasteiger partial charge in [0.2, 0.25) is 0 Å².